The van der Waals surface area contributed by atoms with Gasteiger partial charge in [-0.15, -0.1) is 11.6 Å². The number of ether oxygens (including phenoxy) is 1. The van der Waals surface area contributed by atoms with E-state index in [4.69, 9.17) is 16.3 Å². The maximum atomic E-state index is 11.8. The van der Waals surface area contributed by atoms with Crippen LogP contribution in [0.4, 0.5) is 0 Å². The second-order valence-corrected chi connectivity index (χ2v) is 7.06. The molecular weight excluding hydrogens is 328 g/mol. The van der Waals surface area contributed by atoms with Gasteiger partial charge in [0.25, 0.3) is 5.91 Å². The Labute approximate surface area is 149 Å². The number of halogens is 1. The van der Waals surface area contributed by atoms with Crippen molar-refractivity contribution in [3.8, 4) is 5.75 Å². The minimum Gasteiger partial charge on any atom is -0.483 e. The van der Waals surface area contributed by atoms with Gasteiger partial charge in [0.2, 0.25) is 5.91 Å². The lowest BCUT2D eigenvalue weighted by Gasteiger charge is -2.23. The molecule has 2 N–H and O–H groups in total. The summed E-state index contributed by atoms with van der Waals surface area (Å²) >= 11 is 5.47. The molecule has 2 amide bonds. The molecule has 0 heterocycles. The van der Waals surface area contributed by atoms with E-state index in [-0.39, 0.29) is 30.3 Å². The SMILES string of the molecule is Cc1ccc(OCC(=O)NCCNC(=O)CCCl)c(C(C)(C)C)c1. The molecule has 0 fully saturated rings. The number of hydrogen-bond acceptors (Lipinski definition) is 3. The maximum Gasteiger partial charge on any atom is 0.258 e. The Morgan fingerprint density at radius 1 is 1.12 bits per heavy atom. The number of nitrogens with one attached hydrogen (secondary N) is 2. The third kappa shape index (κ3) is 7.21. The number of carbonyl (C=O) groups excluding carboxylic acids is 2. The molecule has 0 atom stereocenters. The quantitative estimate of drug-likeness (QED) is 0.557. The molecule has 1 aromatic carbocycles. The fourth-order valence-electron chi connectivity index (χ4n) is 2.13. The number of rotatable bonds is 8. The first-order valence-electron chi connectivity index (χ1n) is 8.07. The lowest BCUT2D eigenvalue weighted by molar-refractivity contribution is -0.124. The summed E-state index contributed by atoms with van der Waals surface area (Å²) < 4.78 is 5.68. The Morgan fingerprint density at radius 2 is 1.75 bits per heavy atom. The van der Waals surface area contributed by atoms with E-state index in [1.165, 1.54) is 0 Å². The second-order valence-electron chi connectivity index (χ2n) is 6.68. The van der Waals surface area contributed by atoms with Crippen molar-refractivity contribution in [1.82, 2.24) is 10.6 Å². The average molecular weight is 355 g/mol. The van der Waals surface area contributed by atoms with E-state index in [0.29, 0.717) is 19.0 Å². The van der Waals surface area contributed by atoms with E-state index in [9.17, 15) is 9.59 Å². The zero-order valence-corrected chi connectivity index (χ0v) is 15.6. The molecule has 134 valence electrons. The van der Waals surface area contributed by atoms with Crippen LogP contribution < -0.4 is 15.4 Å². The number of carbonyl (C=O) groups is 2. The smallest absolute Gasteiger partial charge is 0.258 e. The monoisotopic (exact) mass is 354 g/mol. The third-order valence-electron chi connectivity index (χ3n) is 3.39. The summed E-state index contributed by atoms with van der Waals surface area (Å²) in [6.45, 7) is 9.04. The Balaban J connectivity index is 2.44. The van der Waals surface area contributed by atoms with Crippen LogP contribution in [-0.2, 0) is 15.0 Å². The van der Waals surface area contributed by atoms with Gasteiger partial charge in [0, 0.05) is 25.4 Å². The van der Waals surface area contributed by atoms with Crippen molar-refractivity contribution in [3.05, 3.63) is 29.3 Å². The molecule has 0 spiro atoms. The standard InChI is InChI=1S/C18H27ClN2O3/c1-13-5-6-15(14(11-13)18(2,3)4)24-12-17(23)21-10-9-20-16(22)7-8-19/h5-6,11H,7-10,12H2,1-4H3,(H,20,22)(H,21,23). The van der Waals surface area contributed by atoms with Crippen molar-refractivity contribution in [2.75, 3.05) is 25.6 Å². The molecule has 5 nitrogen and oxygen atoms in total. The first-order valence-corrected chi connectivity index (χ1v) is 8.61. The van der Waals surface area contributed by atoms with Crippen molar-refractivity contribution < 1.29 is 14.3 Å². The number of amides is 2. The molecular formula is C18H27ClN2O3. The van der Waals surface area contributed by atoms with Gasteiger partial charge in [0.05, 0.1) is 0 Å². The summed E-state index contributed by atoms with van der Waals surface area (Å²) in [5.74, 6) is 0.671. The maximum absolute atomic E-state index is 11.8. The number of benzene rings is 1. The number of aryl methyl sites for hydroxylation is 1. The Kier molecular flexibility index (Phi) is 8.05. The molecule has 0 aliphatic carbocycles. The molecule has 0 aliphatic heterocycles. The van der Waals surface area contributed by atoms with Crippen LogP contribution >= 0.6 is 11.6 Å². The molecule has 24 heavy (non-hydrogen) atoms. The van der Waals surface area contributed by atoms with Crippen LogP contribution in [0.25, 0.3) is 0 Å². The fraction of sp³-hybridized carbons (Fsp3) is 0.556. The van der Waals surface area contributed by atoms with Gasteiger partial charge in [-0.2, -0.15) is 0 Å². The molecule has 0 unspecified atom stereocenters. The van der Waals surface area contributed by atoms with Gasteiger partial charge in [-0.1, -0.05) is 38.5 Å². The number of hydrogen-bond donors (Lipinski definition) is 2. The summed E-state index contributed by atoms with van der Waals surface area (Å²) in [6, 6.07) is 5.95. The van der Waals surface area contributed by atoms with Crippen molar-refractivity contribution >= 4 is 23.4 Å². The zero-order valence-electron chi connectivity index (χ0n) is 14.9. The Morgan fingerprint density at radius 3 is 2.33 bits per heavy atom. The van der Waals surface area contributed by atoms with Gasteiger partial charge in [-0.25, -0.2) is 0 Å². The zero-order chi connectivity index (χ0) is 18.2. The van der Waals surface area contributed by atoms with E-state index < -0.39 is 0 Å². The summed E-state index contributed by atoms with van der Waals surface area (Å²) in [7, 11) is 0. The molecule has 1 rings (SSSR count). The van der Waals surface area contributed by atoms with Crippen LogP contribution in [0.3, 0.4) is 0 Å². The van der Waals surface area contributed by atoms with Crippen molar-refractivity contribution in [2.24, 2.45) is 0 Å². The van der Waals surface area contributed by atoms with Crippen molar-refractivity contribution in [2.45, 2.75) is 39.5 Å². The summed E-state index contributed by atoms with van der Waals surface area (Å²) in [5.41, 5.74) is 2.16. The second kappa shape index (κ2) is 9.52. The highest BCUT2D eigenvalue weighted by Crippen LogP contribution is 2.32. The van der Waals surface area contributed by atoms with Crippen LogP contribution in [0.1, 0.15) is 38.3 Å². The lowest BCUT2D eigenvalue weighted by Crippen LogP contribution is -2.37. The molecule has 0 aliphatic rings. The highest BCUT2D eigenvalue weighted by Gasteiger charge is 2.19. The predicted octanol–water partition coefficient (Wildman–Crippen LogP) is 2.53. The normalized spacial score (nSPS) is 11.0. The summed E-state index contributed by atoms with van der Waals surface area (Å²) in [4.78, 5) is 23.1. The van der Waals surface area contributed by atoms with Crippen LogP contribution in [0, 0.1) is 6.92 Å². The van der Waals surface area contributed by atoms with Crippen molar-refractivity contribution in [3.63, 3.8) is 0 Å². The van der Waals surface area contributed by atoms with Crippen LogP contribution in [0.2, 0.25) is 0 Å². The van der Waals surface area contributed by atoms with E-state index in [2.05, 4.69) is 37.5 Å². The largest absolute Gasteiger partial charge is 0.483 e. The molecule has 1 aromatic rings. The highest BCUT2D eigenvalue weighted by molar-refractivity contribution is 6.18. The Hall–Kier alpha value is -1.75. The van der Waals surface area contributed by atoms with Crippen molar-refractivity contribution in [1.29, 1.82) is 0 Å². The van der Waals surface area contributed by atoms with Gasteiger partial charge in [0.1, 0.15) is 5.75 Å². The van der Waals surface area contributed by atoms with Gasteiger partial charge < -0.3 is 15.4 Å². The van der Waals surface area contributed by atoms with Gasteiger partial charge in [0.15, 0.2) is 6.61 Å². The number of alkyl halides is 1. The third-order valence-corrected chi connectivity index (χ3v) is 3.58. The van der Waals surface area contributed by atoms with E-state index in [1.54, 1.807) is 0 Å². The van der Waals surface area contributed by atoms with E-state index in [1.807, 2.05) is 19.1 Å². The molecule has 0 saturated carbocycles. The highest BCUT2D eigenvalue weighted by atomic mass is 35.5. The van der Waals surface area contributed by atoms with Crippen LogP contribution in [-0.4, -0.2) is 37.4 Å². The topological polar surface area (TPSA) is 67.4 Å². The van der Waals surface area contributed by atoms with Crippen LogP contribution in [0.5, 0.6) is 5.75 Å². The molecule has 0 bridgehead atoms. The van der Waals surface area contributed by atoms with E-state index in [0.717, 1.165) is 16.9 Å². The van der Waals surface area contributed by atoms with Gasteiger partial charge in [-0.05, 0) is 24.0 Å². The summed E-state index contributed by atoms with van der Waals surface area (Å²) in [6.07, 6.45) is 0.279. The molecule has 0 aromatic heterocycles. The lowest BCUT2D eigenvalue weighted by atomic mass is 9.85. The summed E-state index contributed by atoms with van der Waals surface area (Å²) in [5, 5.41) is 5.38. The Bertz CT molecular complexity index is 568. The first-order chi connectivity index (χ1) is 11.2. The minimum absolute atomic E-state index is 0.0538. The predicted molar refractivity (Wildman–Crippen MR) is 96.7 cm³/mol. The molecule has 0 saturated heterocycles. The van der Waals surface area contributed by atoms with E-state index >= 15 is 0 Å². The van der Waals surface area contributed by atoms with Gasteiger partial charge in [-0.3, -0.25) is 9.59 Å². The average Bonchev–Trinajstić information content (AvgIpc) is 2.49. The van der Waals surface area contributed by atoms with Crippen LogP contribution in [0.15, 0.2) is 18.2 Å². The fourth-order valence-corrected chi connectivity index (χ4v) is 2.30. The van der Waals surface area contributed by atoms with Gasteiger partial charge >= 0.3 is 0 Å². The first kappa shape index (κ1) is 20.3. The molecule has 6 heteroatoms. The molecule has 0 radical (unpaired) electrons. The minimum atomic E-state index is -0.220.